The fourth-order valence-electron chi connectivity index (χ4n) is 3.28. The highest BCUT2D eigenvalue weighted by Gasteiger charge is 2.10. The van der Waals surface area contributed by atoms with Gasteiger partial charge in [0.2, 0.25) is 5.91 Å². The average molecular weight is 369 g/mol. The molecule has 0 saturated carbocycles. The molecule has 0 spiro atoms. The molecule has 0 atom stereocenters. The number of carbonyl (C=O) groups is 1. The second-order valence-electron chi connectivity index (χ2n) is 7.17. The number of amides is 1. The van der Waals surface area contributed by atoms with Gasteiger partial charge in [-0.15, -0.1) is 0 Å². The first-order valence-corrected chi connectivity index (χ1v) is 9.50. The Labute approximate surface area is 164 Å². The van der Waals surface area contributed by atoms with E-state index in [0.29, 0.717) is 6.42 Å². The monoisotopic (exact) mass is 369 g/mol. The van der Waals surface area contributed by atoms with Gasteiger partial charge < -0.3 is 10.3 Å². The fourth-order valence-corrected chi connectivity index (χ4v) is 3.28. The van der Waals surface area contributed by atoms with E-state index in [-0.39, 0.29) is 5.91 Å². The van der Waals surface area contributed by atoms with Gasteiger partial charge in [-0.3, -0.25) is 4.79 Å². The van der Waals surface area contributed by atoms with Crippen molar-refractivity contribution >= 4 is 22.6 Å². The van der Waals surface area contributed by atoms with Crippen molar-refractivity contribution in [1.29, 1.82) is 0 Å². The van der Waals surface area contributed by atoms with Crippen molar-refractivity contribution in [3.8, 4) is 11.4 Å². The Kier molecular flexibility index (Phi) is 4.94. The molecule has 1 amide bonds. The minimum atomic E-state index is 0.0179. The lowest BCUT2D eigenvalue weighted by atomic mass is 10.1. The number of nitrogens with one attached hydrogen (secondary N) is 2. The van der Waals surface area contributed by atoms with Gasteiger partial charge in [0.15, 0.2) is 0 Å². The predicted octanol–water partition coefficient (Wildman–Crippen LogP) is 5.42. The quantitative estimate of drug-likeness (QED) is 0.494. The maximum atomic E-state index is 12.4. The molecular formula is C24H23N3O. The molecule has 3 aromatic carbocycles. The SMILES string of the molecule is Cc1ccc2nc(-c3ccc(C)c(NC(=O)CCc4ccccc4)c3)[nH]c2c1. The number of hydrogen-bond donors (Lipinski definition) is 2. The lowest BCUT2D eigenvalue weighted by molar-refractivity contribution is -0.116. The number of aromatic amines is 1. The molecule has 0 aliphatic rings. The van der Waals surface area contributed by atoms with Crippen LogP contribution in [0.1, 0.15) is 23.1 Å². The third-order valence-corrected chi connectivity index (χ3v) is 4.91. The molecule has 1 aromatic heterocycles. The fraction of sp³-hybridized carbons (Fsp3) is 0.167. The van der Waals surface area contributed by atoms with Crippen molar-refractivity contribution in [1.82, 2.24) is 9.97 Å². The third-order valence-electron chi connectivity index (χ3n) is 4.91. The summed E-state index contributed by atoms with van der Waals surface area (Å²) in [5.41, 5.74) is 7.13. The molecule has 28 heavy (non-hydrogen) atoms. The van der Waals surface area contributed by atoms with Crippen LogP contribution in [0.25, 0.3) is 22.4 Å². The van der Waals surface area contributed by atoms with Crippen LogP contribution in [-0.4, -0.2) is 15.9 Å². The van der Waals surface area contributed by atoms with Crippen LogP contribution in [0.2, 0.25) is 0 Å². The number of imidazole rings is 1. The molecule has 0 radical (unpaired) electrons. The Morgan fingerprint density at radius 1 is 1.00 bits per heavy atom. The first-order chi connectivity index (χ1) is 13.6. The van der Waals surface area contributed by atoms with E-state index >= 15 is 0 Å². The van der Waals surface area contributed by atoms with E-state index in [0.717, 1.165) is 40.1 Å². The van der Waals surface area contributed by atoms with Crippen LogP contribution < -0.4 is 5.32 Å². The van der Waals surface area contributed by atoms with Crippen molar-refractivity contribution in [2.24, 2.45) is 0 Å². The third kappa shape index (κ3) is 3.96. The number of rotatable bonds is 5. The topological polar surface area (TPSA) is 57.8 Å². The molecule has 0 unspecified atom stereocenters. The highest BCUT2D eigenvalue weighted by Crippen LogP contribution is 2.26. The zero-order valence-corrected chi connectivity index (χ0v) is 16.1. The Bertz CT molecular complexity index is 1130. The van der Waals surface area contributed by atoms with Gasteiger partial charge in [-0.1, -0.05) is 48.5 Å². The zero-order valence-electron chi connectivity index (χ0n) is 16.1. The van der Waals surface area contributed by atoms with E-state index in [1.807, 2.05) is 61.5 Å². The van der Waals surface area contributed by atoms with Gasteiger partial charge in [0.25, 0.3) is 0 Å². The van der Waals surface area contributed by atoms with E-state index in [9.17, 15) is 4.79 Å². The van der Waals surface area contributed by atoms with Crippen LogP contribution in [-0.2, 0) is 11.2 Å². The van der Waals surface area contributed by atoms with Gasteiger partial charge >= 0.3 is 0 Å². The summed E-state index contributed by atoms with van der Waals surface area (Å²) in [6, 6.07) is 22.3. The standard InChI is InChI=1S/C24H23N3O/c1-16-8-12-20-22(14-16)27-24(26-20)19-11-9-17(2)21(15-19)25-23(28)13-10-18-6-4-3-5-7-18/h3-9,11-12,14-15H,10,13H2,1-2H3,(H,25,28)(H,26,27). The second kappa shape index (κ2) is 7.69. The van der Waals surface area contributed by atoms with E-state index in [1.165, 1.54) is 11.1 Å². The molecule has 140 valence electrons. The Balaban J connectivity index is 1.52. The Hall–Kier alpha value is -3.40. The summed E-state index contributed by atoms with van der Waals surface area (Å²) in [6.45, 7) is 4.06. The van der Waals surface area contributed by atoms with Gasteiger partial charge in [-0.05, 0) is 55.2 Å². The van der Waals surface area contributed by atoms with Crippen LogP contribution in [0, 0.1) is 13.8 Å². The lowest BCUT2D eigenvalue weighted by Crippen LogP contribution is -2.13. The van der Waals surface area contributed by atoms with E-state index in [2.05, 4.69) is 34.3 Å². The molecule has 2 N–H and O–H groups in total. The number of fused-ring (bicyclic) bond motifs is 1. The van der Waals surface area contributed by atoms with E-state index < -0.39 is 0 Å². The first kappa shape index (κ1) is 18.0. The molecule has 0 aliphatic heterocycles. The van der Waals surface area contributed by atoms with Crippen LogP contribution >= 0.6 is 0 Å². The van der Waals surface area contributed by atoms with E-state index in [4.69, 9.17) is 0 Å². The summed E-state index contributed by atoms with van der Waals surface area (Å²) < 4.78 is 0. The van der Waals surface area contributed by atoms with Crippen molar-refractivity contribution in [3.63, 3.8) is 0 Å². The Morgan fingerprint density at radius 2 is 1.82 bits per heavy atom. The van der Waals surface area contributed by atoms with Crippen molar-refractivity contribution < 1.29 is 4.79 Å². The molecule has 4 heteroatoms. The number of anilines is 1. The molecular weight excluding hydrogens is 346 g/mol. The predicted molar refractivity (Wildman–Crippen MR) is 114 cm³/mol. The molecule has 4 rings (SSSR count). The summed E-state index contributed by atoms with van der Waals surface area (Å²) in [5.74, 6) is 0.824. The second-order valence-corrected chi connectivity index (χ2v) is 7.17. The van der Waals surface area contributed by atoms with E-state index in [1.54, 1.807) is 0 Å². The maximum absolute atomic E-state index is 12.4. The number of aromatic nitrogens is 2. The Morgan fingerprint density at radius 3 is 2.64 bits per heavy atom. The molecule has 1 heterocycles. The van der Waals surface area contributed by atoms with Crippen molar-refractivity contribution in [3.05, 3.63) is 83.4 Å². The summed E-state index contributed by atoms with van der Waals surface area (Å²) >= 11 is 0. The smallest absolute Gasteiger partial charge is 0.224 e. The normalized spacial score (nSPS) is 10.9. The molecule has 0 fully saturated rings. The van der Waals surface area contributed by atoms with Crippen LogP contribution in [0.15, 0.2) is 66.7 Å². The lowest BCUT2D eigenvalue weighted by Gasteiger charge is -2.10. The van der Waals surface area contributed by atoms with Gasteiger partial charge in [-0.2, -0.15) is 0 Å². The maximum Gasteiger partial charge on any atom is 0.224 e. The largest absolute Gasteiger partial charge is 0.338 e. The summed E-state index contributed by atoms with van der Waals surface area (Å²) in [6.07, 6.45) is 1.19. The van der Waals surface area contributed by atoms with Crippen LogP contribution in [0.4, 0.5) is 5.69 Å². The first-order valence-electron chi connectivity index (χ1n) is 9.50. The minimum Gasteiger partial charge on any atom is -0.338 e. The summed E-state index contributed by atoms with van der Waals surface area (Å²) in [5, 5.41) is 3.05. The van der Waals surface area contributed by atoms with Gasteiger partial charge in [0, 0.05) is 17.7 Å². The molecule has 4 nitrogen and oxygen atoms in total. The molecule has 4 aromatic rings. The summed E-state index contributed by atoms with van der Waals surface area (Å²) in [7, 11) is 0. The van der Waals surface area contributed by atoms with Crippen LogP contribution in [0.5, 0.6) is 0 Å². The van der Waals surface area contributed by atoms with Gasteiger partial charge in [0.05, 0.1) is 11.0 Å². The average Bonchev–Trinajstić information content (AvgIpc) is 3.12. The molecule has 0 saturated heterocycles. The van der Waals surface area contributed by atoms with Gasteiger partial charge in [0.1, 0.15) is 5.82 Å². The van der Waals surface area contributed by atoms with Crippen molar-refractivity contribution in [2.75, 3.05) is 5.32 Å². The zero-order chi connectivity index (χ0) is 19.5. The number of nitrogens with zero attached hydrogens (tertiary/aromatic N) is 1. The summed E-state index contributed by atoms with van der Waals surface area (Å²) in [4.78, 5) is 20.5. The van der Waals surface area contributed by atoms with Gasteiger partial charge in [-0.25, -0.2) is 4.98 Å². The molecule has 0 bridgehead atoms. The highest BCUT2D eigenvalue weighted by atomic mass is 16.1. The molecule has 0 aliphatic carbocycles. The number of H-pyrrole nitrogens is 1. The number of benzene rings is 3. The number of aryl methyl sites for hydroxylation is 3. The number of carbonyl (C=O) groups excluding carboxylic acids is 1. The van der Waals surface area contributed by atoms with Crippen molar-refractivity contribution in [2.45, 2.75) is 26.7 Å². The highest BCUT2D eigenvalue weighted by molar-refractivity contribution is 5.92. The minimum absolute atomic E-state index is 0.0179. The van der Waals surface area contributed by atoms with Crippen LogP contribution in [0.3, 0.4) is 0 Å². The number of hydrogen-bond acceptors (Lipinski definition) is 2.